The van der Waals surface area contributed by atoms with Crippen molar-refractivity contribution in [2.24, 2.45) is 11.8 Å². The van der Waals surface area contributed by atoms with Gasteiger partial charge in [-0.2, -0.15) is 0 Å². The summed E-state index contributed by atoms with van der Waals surface area (Å²) >= 11 is 6.44. The number of rotatable bonds is 10. The Morgan fingerprint density at radius 1 is 1.27 bits per heavy atom. The van der Waals surface area contributed by atoms with Gasteiger partial charge in [-0.25, -0.2) is 4.21 Å². The lowest BCUT2D eigenvalue weighted by molar-refractivity contribution is -0.181. The highest BCUT2D eigenvalue weighted by Crippen LogP contribution is 2.51. The molecule has 2 aromatic carbocycles. The van der Waals surface area contributed by atoms with E-state index in [2.05, 4.69) is 40.8 Å². The molecule has 0 radical (unpaired) electrons. The molecule has 1 heterocycles. The molecule has 0 aromatic heterocycles. The number of halogens is 1. The molecule has 1 fully saturated rings. The van der Waals surface area contributed by atoms with Gasteiger partial charge in [0.05, 0.1) is 17.9 Å². The first-order valence-corrected chi connectivity index (χ1v) is 17.9. The van der Waals surface area contributed by atoms with E-state index in [1.165, 1.54) is 11.1 Å². The van der Waals surface area contributed by atoms with Crippen LogP contribution in [0, 0.1) is 11.8 Å². The van der Waals surface area contributed by atoms with Crippen LogP contribution in [0.25, 0.3) is 0 Å². The number of amides is 1. The summed E-state index contributed by atoms with van der Waals surface area (Å²) < 4.78 is 28.0. The SMILES string of the molecule is CC/C=C/[C@@](OC)(C1CCC1CN1C[C@@]2(CCCc3cc(Cl)ccc32)COc2ccc(C(=O)NS(=O)C(C)C)cc21)C(C)(C)O. The monoisotopic (exact) mass is 656 g/mol. The Bertz CT molecular complexity index is 1460. The molecule has 7 nitrogen and oxygen atoms in total. The van der Waals surface area contributed by atoms with Crippen LogP contribution in [0.1, 0.15) is 88.2 Å². The van der Waals surface area contributed by atoms with Gasteiger partial charge in [0.15, 0.2) is 0 Å². The number of hydrogen-bond acceptors (Lipinski definition) is 6. The number of allylic oxidation sites excluding steroid dienone is 1. The molecule has 9 heteroatoms. The summed E-state index contributed by atoms with van der Waals surface area (Å²) in [6, 6.07) is 11.7. The molecule has 45 heavy (non-hydrogen) atoms. The van der Waals surface area contributed by atoms with E-state index in [0.717, 1.165) is 61.5 Å². The summed E-state index contributed by atoms with van der Waals surface area (Å²) in [6.07, 6.45) is 9.97. The van der Waals surface area contributed by atoms with Gasteiger partial charge in [0.25, 0.3) is 5.91 Å². The van der Waals surface area contributed by atoms with Gasteiger partial charge in [-0.05, 0) is 120 Å². The highest BCUT2D eigenvalue weighted by atomic mass is 35.5. The number of benzene rings is 2. The molecule has 1 saturated carbocycles. The lowest BCUT2D eigenvalue weighted by atomic mass is 9.59. The summed E-state index contributed by atoms with van der Waals surface area (Å²) in [5.41, 5.74) is 1.68. The van der Waals surface area contributed by atoms with Crippen molar-refractivity contribution in [3.63, 3.8) is 0 Å². The molecule has 5 rings (SSSR count). The van der Waals surface area contributed by atoms with E-state index in [0.29, 0.717) is 18.7 Å². The fourth-order valence-corrected chi connectivity index (χ4v) is 8.43. The fraction of sp³-hybridized carbons (Fsp3) is 0.583. The molecule has 2 aromatic rings. The number of nitrogens with zero attached hydrogens (tertiary/aromatic N) is 1. The third kappa shape index (κ3) is 6.58. The molecular weight excluding hydrogens is 608 g/mol. The lowest BCUT2D eigenvalue weighted by Crippen LogP contribution is -2.61. The van der Waals surface area contributed by atoms with E-state index in [1.54, 1.807) is 13.2 Å². The number of aliphatic hydroxyl groups is 1. The Hall–Kier alpha value is -2.39. The number of carbonyl (C=O) groups excluding carboxylic acids is 1. The Kier molecular flexibility index (Phi) is 10.1. The molecule has 1 spiro atoms. The predicted molar refractivity (Wildman–Crippen MR) is 183 cm³/mol. The molecule has 246 valence electrons. The van der Waals surface area contributed by atoms with Crippen molar-refractivity contribution < 1.29 is 23.6 Å². The van der Waals surface area contributed by atoms with Crippen molar-refractivity contribution in [2.75, 3.05) is 31.7 Å². The van der Waals surface area contributed by atoms with Gasteiger partial charge in [0, 0.05) is 41.5 Å². The lowest BCUT2D eigenvalue weighted by Gasteiger charge is -2.54. The second kappa shape index (κ2) is 13.4. The van der Waals surface area contributed by atoms with E-state index in [-0.39, 0.29) is 28.4 Å². The zero-order valence-corrected chi connectivity index (χ0v) is 29.1. The van der Waals surface area contributed by atoms with E-state index in [9.17, 15) is 14.1 Å². The molecule has 3 unspecified atom stereocenters. The third-order valence-electron chi connectivity index (χ3n) is 10.2. The number of hydrogen-bond donors (Lipinski definition) is 2. The van der Waals surface area contributed by atoms with Gasteiger partial charge >= 0.3 is 0 Å². The van der Waals surface area contributed by atoms with Crippen molar-refractivity contribution in [2.45, 2.75) is 95.0 Å². The smallest absolute Gasteiger partial charge is 0.263 e. The maximum atomic E-state index is 13.2. The summed E-state index contributed by atoms with van der Waals surface area (Å²) in [5.74, 6) is 0.705. The van der Waals surface area contributed by atoms with Gasteiger partial charge < -0.3 is 19.5 Å². The minimum atomic E-state index is -1.48. The van der Waals surface area contributed by atoms with Gasteiger partial charge in [-0.1, -0.05) is 36.7 Å². The topological polar surface area (TPSA) is 88.1 Å². The minimum Gasteiger partial charge on any atom is -0.490 e. The van der Waals surface area contributed by atoms with Crippen LogP contribution in [-0.4, -0.2) is 58.5 Å². The van der Waals surface area contributed by atoms with Gasteiger partial charge in [-0.3, -0.25) is 9.52 Å². The van der Waals surface area contributed by atoms with Crippen molar-refractivity contribution in [3.05, 3.63) is 70.3 Å². The van der Waals surface area contributed by atoms with Crippen LogP contribution >= 0.6 is 11.6 Å². The Morgan fingerprint density at radius 3 is 2.69 bits per heavy atom. The highest BCUT2D eigenvalue weighted by Gasteiger charge is 2.55. The number of methoxy groups -OCH3 is 1. The van der Waals surface area contributed by atoms with E-state index >= 15 is 0 Å². The minimum absolute atomic E-state index is 0.103. The largest absolute Gasteiger partial charge is 0.490 e. The molecule has 3 aliphatic rings. The van der Waals surface area contributed by atoms with Gasteiger partial charge in [0.2, 0.25) is 0 Å². The standard InChI is InChI=1S/C36H49ClN2O5S/c1-7-8-18-36(43-6,34(4,5)41)30-14-11-27(30)21-39-22-35(17-9-10-25-19-28(37)13-15-29(25)35)23-44-32-16-12-26(20-31(32)39)33(40)38-45(42)24(2)3/h8,12-13,15-16,18-20,24,27,30,41H,7,9-11,14,17,21-23H2,1-6H3,(H,38,40)/b18-8+/t27?,30?,35-,36+,45?/m0/s1. The summed E-state index contributed by atoms with van der Waals surface area (Å²) in [7, 11) is 0.222. The average molecular weight is 657 g/mol. The zero-order valence-electron chi connectivity index (χ0n) is 27.5. The average Bonchev–Trinajstić information content (AvgIpc) is 3.13. The van der Waals surface area contributed by atoms with E-state index in [1.807, 2.05) is 45.9 Å². The second-order valence-corrected chi connectivity index (χ2v) is 16.1. The predicted octanol–water partition coefficient (Wildman–Crippen LogP) is 6.76. The number of ether oxygens (including phenoxy) is 2. The van der Waals surface area contributed by atoms with E-state index < -0.39 is 22.2 Å². The fourth-order valence-electron chi connectivity index (χ4n) is 7.70. The van der Waals surface area contributed by atoms with Crippen LogP contribution in [-0.2, 0) is 27.6 Å². The second-order valence-electron chi connectivity index (χ2n) is 13.9. The van der Waals surface area contributed by atoms with Crippen LogP contribution in [0.15, 0.2) is 48.6 Å². The first-order valence-electron chi connectivity index (χ1n) is 16.3. The van der Waals surface area contributed by atoms with Crippen molar-refractivity contribution >= 4 is 34.2 Å². The van der Waals surface area contributed by atoms with Crippen LogP contribution in [0.3, 0.4) is 0 Å². The number of carbonyl (C=O) groups is 1. The molecule has 0 saturated heterocycles. The van der Waals surface area contributed by atoms with Crippen molar-refractivity contribution in [1.82, 2.24) is 4.72 Å². The highest BCUT2D eigenvalue weighted by molar-refractivity contribution is 7.84. The molecule has 0 bridgehead atoms. The molecule has 2 N–H and O–H groups in total. The Labute approximate surface area is 276 Å². The van der Waals surface area contributed by atoms with Crippen molar-refractivity contribution in [1.29, 1.82) is 0 Å². The first-order chi connectivity index (χ1) is 21.3. The molecule has 1 aliphatic heterocycles. The van der Waals surface area contributed by atoms with Gasteiger partial charge in [-0.15, -0.1) is 0 Å². The quantitative estimate of drug-likeness (QED) is 0.275. The summed E-state index contributed by atoms with van der Waals surface area (Å²) in [4.78, 5) is 15.6. The Morgan fingerprint density at radius 2 is 2.04 bits per heavy atom. The zero-order chi connectivity index (χ0) is 32.6. The normalized spacial score (nSPS) is 25.1. The van der Waals surface area contributed by atoms with Crippen LogP contribution in [0.5, 0.6) is 5.75 Å². The maximum absolute atomic E-state index is 13.2. The Balaban J connectivity index is 1.55. The number of anilines is 1. The number of aryl methyl sites for hydroxylation is 1. The van der Waals surface area contributed by atoms with E-state index in [4.69, 9.17) is 21.1 Å². The molecular formula is C36H49ClN2O5S. The molecule has 5 atom stereocenters. The van der Waals surface area contributed by atoms with Crippen molar-refractivity contribution in [3.8, 4) is 5.75 Å². The summed E-state index contributed by atoms with van der Waals surface area (Å²) in [6.45, 7) is 11.4. The van der Waals surface area contributed by atoms with Crippen LogP contribution < -0.4 is 14.4 Å². The third-order valence-corrected chi connectivity index (χ3v) is 11.7. The summed E-state index contributed by atoms with van der Waals surface area (Å²) in [5, 5.41) is 12.0. The molecule has 2 aliphatic carbocycles. The molecule has 1 amide bonds. The number of nitrogens with one attached hydrogen (secondary N) is 1. The first kappa shape index (κ1) is 34.0. The van der Waals surface area contributed by atoms with Crippen LogP contribution in [0.2, 0.25) is 5.02 Å². The number of fused-ring (bicyclic) bond motifs is 3. The van der Waals surface area contributed by atoms with Crippen LogP contribution in [0.4, 0.5) is 5.69 Å². The maximum Gasteiger partial charge on any atom is 0.263 e. The van der Waals surface area contributed by atoms with Gasteiger partial charge in [0.1, 0.15) is 22.3 Å².